The number of phenolic OH excluding ortho intramolecular Hbond substituents is 2. The third kappa shape index (κ3) is 21.6. The Kier molecular flexibility index (Phi) is 25.5. The molecule has 0 aliphatic rings. The summed E-state index contributed by atoms with van der Waals surface area (Å²) >= 11 is 5.71. The van der Waals surface area contributed by atoms with Crippen LogP contribution in [0.5, 0.6) is 28.7 Å². The average Bonchev–Trinajstić information content (AvgIpc) is 3.36. The van der Waals surface area contributed by atoms with Gasteiger partial charge in [-0.2, -0.15) is 0 Å². The maximum absolute atomic E-state index is 12.7. The van der Waals surface area contributed by atoms with E-state index in [9.17, 15) is 34.2 Å². The van der Waals surface area contributed by atoms with Gasteiger partial charge in [-0.25, -0.2) is 14.4 Å². The van der Waals surface area contributed by atoms with Crippen LogP contribution in [-0.4, -0.2) is 105 Å². The Morgan fingerprint density at radius 3 is 1.34 bits per heavy atom. The van der Waals surface area contributed by atoms with E-state index in [2.05, 4.69) is 19.7 Å². The number of halogens is 1. The molecule has 0 aliphatic carbocycles. The van der Waals surface area contributed by atoms with Gasteiger partial charge in [0.25, 0.3) is 0 Å². The van der Waals surface area contributed by atoms with Crippen LogP contribution >= 0.6 is 11.6 Å². The van der Waals surface area contributed by atoms with Crippen molar-refractivity contribution in [2.24, 2.45) is 0 Å². The Bertz CT molecular complexity index is 2440. The van der Waals surface area contributed by atoms with Crippen LogP contribution in [0.2, 0.25) is 5.02 Å². The van der Waals surface area contributed by atoms with Gasteiger partial charge in [-0.05, 0) is 76.2 Å². The van der Waals surface area contributed by atoms with E-state index in [0.717, 1.165) is 0 Å². The Balaban J connectivity index is 0.000000362. The zero-order valence-electron chi connectivity index (χ0n) is 40.2. The summed E-state index contributed by atoms with van der Waals surface area (Å²) in [7, 11) is 0. The number of hydrogen-bond donors (Lipinski definition) is 2. The summed E-state index contributed by atoms with van der Waals surface area (Å²) in [5.74, 6) is -1.45. The van der Waals surface area contributed by atoms with Crippen molar-refractivity contribution in [3.8, 4) is 28.7 Å². The monoisotopic (exact) mass is 994 g/mol. The topological polar surface area (TPSA) is 200 Å². The first-order valence-electron chi connectivity index (χ1n) is 22.2. The number of carbonyl (C=O) groups is 5. The van der Waals surface area contributed by atoms with E-state index in [1.165, 1.54) is 43.3 Å². The second-order valence-electron chi connectivity index (χ2n) is 15.1. The van der Waals surface area contributed by atoms with Crippen LogP contribution in [0.15, 0.2) is 158 Å². The number of ketones is 2. The van der Waals surface area contributed by atoms with Crippen molar-refractivity contribution in [3.63, 3.8) is 0 Å². The fraction of sp³-hybridized carbons (Fsp3) is 0.255. The smallest absolute Gasteiger partial charge is 0.333 e. The van der Waals surface area contributed by atoms with Crippen molar-refractivity contribution < 1.29 is 72.1 Å². The Labute approximate surface area is 418 Å². The minimum Gasteiger partial charge on any atom is -0.507 e. The van der Waals surface area contributed by atoms with Crippen LogP contribution in [0.25, 0.3) is 0 Å². The molecule has 0 bridgehead atoms. The summed E-state index contributed by atoms with van der Waals surface area (Å²) in [6.07, 6.45) is -0.903. The molecule has 0 aliphatic heterocycles. The molecule has 2 N–H and O–H groups in total. The van der Waals surface area contributed by atoms with Crippen molar-refractivity contribution in [2.45, 2.75) is 33.8 Å². The third-order valence-corrected chi connectivity index (χ3v) is 9.38. The van der Waals surface area contributed by atoms with Crippen LogP contribution in [-0.2, 0) is 38.1 Å². The molecule has 0 radical (unpaired) electrons. The lowest BCUT2D eigenvalue weighted by atomic mass is 10.0. The lowest BCUT2D eigenvalue weighted by Crippen LogP contribution is -2.31. The lowest BCUT2D eigenvalue weighted by Gasteiger charge is -2.20. The molecule has 5 aromatic rings. The molecule has 0 aromatic heterocycles. The standard InChI is InChI=1S/C33H28O8.C12H13ClO3.C10H18O4/c1-21(2)33(38)41-26(19-39-24-13-15-27(29(34)17-24)31(36)22-9-5-3-6-10-22)20-40-25-14-16-28(30(35)18-25)32(37)23-11-7-4-8-12-23;1-9(2)12(14)16-8-7-15-11-5-3-10(13)4-6-11;1-4-12-5-6-13-7-8-14-10(11)9(2)3/h3-18,26,34-35H,1,19-20H2,2H3;3-6H,1,7-8H2,2H3;2,4-8H2,1,3H3. The lowest BCUT2D eigenvalue weighted by molar-refractivity contribution is -0.147. The van der Waals surface area contributed by atoms with Crippen molar-refractivity contribution in [1.29, 1.82) is 0 Å². The molecule has 16 heteroatoms. The number of rotatable bonds is 25. The number of esters is 3. The molecular formula is C55H59ClO15. The molecule has 15 nitrogen and oxygen atoms in total. The summed E-state index contributed by atoms with van der Waals surface area (Å²) in [6.45, 7) is 19.8. The van der Waals surface area contributed by atoms with Crippen molar-refractivity contribution in [1.82, 2.24) is 0 Å². The summed E-state index contributed by atoms with van der Waals surface area (Å²) < 4.78 is 42.1. The number of benzene rings is 5. The van der Waals surface area contributed by atoms with Gasteiger partial charge < -0.3 is 48.1 Å². The van der Waals surface area contributed by atoms with Gasteiger partial charge >= 0.3 is 17.9 Å². The maximum atomic E-state index is 12.7. The zero-order chi connectivity index (χ0) is 52.1. The van der Waals surface area contributed by atoms with Crippen LogP contribution in [0, 0.1) is 0 Å². The minimum absolute atomic E-state index is 0.117. The first-order valence-corrected chi connectivity index (χ1v) is 22.5. The maximum Gasteiger partial charge on any atom is 0.333 e. The summed E-state index contributed by atoms with van der Waals surface area (Å²) in [4.78, 5) is 59.5. The highest BCUT2D eigenvalue weighted by molar-refractivity contribution is 6.30. The quantitative estimate of drug-likeness (QED) is 0.0184. The highest BCUT2D eigenvalue weighted by Crippen LogP contribution is 2.28. The van der Waals surface area contributed by atoms with E-state index in [0.29, 0.717) is 66.1 Å². The molecule has 0 fully saturated rings. The van der Waals surface area contributed by atoms with Crippen molar-refractivity contribution in [3.05, 3.63) is 185 Å². The molecule has 5 rings (SSSR count). The molecule has 0 spiro atoms. The van der Waals surface area contributed by atoms with Gasteiger partial charge in [0.05, 0.1) is 30.9 Å². The Morgan fingerprint density at radius 2 is 0.915 bits per heavy atom. The van der Waals surface area contributed by atoms with Crippen molar-refractivity contribution >= 4 is 41.1 Å². The third-order valence-electron chi connectivity index (χ3n) is 9.13. The van der Waals surface area contributed by atoms with Gasteiger partial charge in [-0.15, -0.1) is 0 Å². The Hall–Kier alpha value is -7.72. The fourth-order valence-electron chi connectivity index (χ4n) is 5.45. The average molecular weight is 996 g/mol. The van der Waals surface area contributed by atoms with Gasteiger partial charge in [0.2, 0.25) is 0 Å². The fourth-order valence-corrected chi connectivity index (χ4v) is 5.58. The molecular weight excluding hydrogens is 936 g/mol. The second-order valence-corrected chi connectivity index (χ2v) is 15.6. The number of phenols is 2. The van der Waals surface area contributed by atoms with E-state index in [1.807, 2.05) is 6.92 Å². The highest BCUT2D eigenvalue weighted by Gasteiger charge is 2.20. The van der Waals surface area contributed by atoms with Gasteiger partial charge in [0.1, 0.15) is 61.8 Å². The number of carbonyl (C=O) groups excluding carboxylic acids is 5. The first kappa shape index (κ1) is 57.6. The first-order chi connectivity index (χ1) is 34.0. The number of ether oxygens (including phenoxy) is 8. The van der Waals surface area contributed by atoms with E-state index >= 15 is 0 Å². The summed E-state index contributed by atoms with van der Waals surface area (Å²) in [5.41, 5.74) is 2.06. The van der Waals surface area contributed by atoms with Gasteiger partial charge in [-0.3, -0.25) is 9.59 Å². The highest BCUT2D eigenvalue weighted by atomic mass is 35.5. The SMILES string of the molecule is C=C(C)C(=O)OC(COc1ccc(C(=O)c2ccccc2)c(O)c1)COc1ccc(C(=O)c2ccccc2)c(O)c1.C=C(C)C(=O)OCCOCCOCC.C=C(C)C(=O)OCCOc1ccc(Cl)cc1. The zero-order valence-corrected chi connectivity index (χ0v) is 40.9. The van der Waals surface area contributed by atoms with E-state index in [-0.39, 0.29) is 83.7 Å². The molecule has 0 saturated heterocycles. The molecule has 0 unspecified atom stereocenters. The predicted octanol–water partition coefficient (Wildman–Crippen LogP) is 9.50. The van der Waals surface area contributed by atoms with E-state index < -0.39 is 18.0 Å². The number of hydrogen-bond acceptors (Lipinski definition) is 15. The predicted molar refractivity (Wildman–Crippen MR) is 267 cm³/mol. The van der Waals surface area contributed by atoms with Gasteiger partial charge in [0.15, 0.2) is 17.7 Å². The molecule has 0 amide bonds. The molecule has 71 heavy (non-hydrogen) atoms. The van der Waals surface area contributed by atoms with Crippen LogP contribution in [0.3, 0.4) is 0 Å². The van der Waals surface area contributed by atoms with Gasteiger partial charge in [0, 0.05) is 51.6 Å². The second kappa shape index (κ2) is 31.4. The summed E-state index contributed by atoms with van der Waals surface area (Å²) in [6, 6.07) is 32.6. The molecule has 0 atom stereocenters. The molecule has 0 saturated carbocycles. The minimum atomic E-state index is -0.903. The van der Waals surface area contributed by atoms with Crippen molar-refractivity contribution in [2.75, 3.05) is 59.5 Å². The molecule has 376 valence electrons. The largest absolute Gasteiger partial charge is 0.507 e. The normalized spacial score (nSPS) is 10.2. The molecule has 5 aromatic carbocycles. The van der Waals surface area contributed by atoms with Gasteiger partial charge in [-0.1, -0.05) is 92.0 Å². The molecule has 0 heterocycles. The van der Waals surface area contributed by atoms with Crippen LogP contribution < -0.4 is 14.2 Å². The Morgan fingerprint density at radius 1 is 0.507 bits per heavy atom. The van der Waals surface area contributed by atoms with E-state index in [4.69, 9.17) is 49.5 Å². The van der Waals surface area contributed by atoms with Crippen LogP contribution in [0.1, 0.15) is 59.5 Å². The van der Waals surface area contributed by atoms with E-state index in [1.54, 1.807) is 98.8 Å². The number of aromatic hydroxyl groups is 2. The van der Waals surface area contributed by atoms with Crippen LogP contribution in [0.4, 0.5) is 0 Å². The summed E-state index contributed by atoms with van der Waals surface area (Å²) in [5, 5.41) is 21.6.